The van der Waals surface area contributed by atoms with Crippen molar-refractivity contribution < 1.29 is 5.11 Å². The third-order valence-electron chi connectivity index (χ3n) is 2.85. The van der Waals surface area contributed by atoms with E-state index in [2.05, 4.69) is 13.0 Å². The number of benzene rings is 1. The summed E-state index contributed by atoms with van der Waals surface area (Å²) in [7, 11) is 0. The summed E-state index contributed by atoms with van der Waals surface area (Å²) in [5.74, 6) is 0. The molecule has 1 aliphatic carbocycles. The molecule has 1 aromatic rings. The lowest BCUT2D eigenvalue weighted by atomic mass is 9.97. The molecular formula is C11H14O. The van der Waals surface area contributed by atoms with Gasteiger partial charge in [-0.15, -0.1) is 0 Å². The SMILES string of the molecule is Cc1cccc2c1CC[C@]2(C)O. The minimum atomic E-state index is -0.582. The molecule has 1 aromatic carbocycles. The summed E-state index contributed by atoms with van der Waals surface area (Å²) in [6, 6.07) is 6.17. The summed E-state index contributed by atoms with van der Waals surface area (Å²) in [4.78, 5) is 0. The monoisotopic (exact) mass is 162 g/mol. The number of rotatable bonds is 0. The van der Waals surface area contributed by atoms with Crippen LogP contribution in [0.25, 0.3) is 0 Å². The molecule has 1 aliphatic rings. The van der Waals surface area contributed by atoms with E-state index < -0.39 is 5.60 Å². The van der Waals surface area contributed by atoms with Crippen molar-refractivity contribution in [2.24, 2.45) is 0 Å². The van der Waals surface area contributed by atoms with E-state index in [-0.39, 0.29) is 0 Å². The standard InChI is InChI=1S/C11H14O/c1-8-4-3-5-10-9(8)6-7-11(10,2)12/h3-5,12H,6-7H2,1-2H3/t11-/m0/s1. The average Bonchev–Trinajstić information content (AvgIpc) is 2.30. The molecule has 0 heterocycles. The van der Waals surface area contributed by atoms with Crippen LogP contribution >= 0.6 is 0 Å². The molecule has 12 heavy (non-hydrogen) atoms. The van der Waals surface area contributed by atoms with Crippen LogP contribution in [0.2, 0.25) is 0 Å². The molecular weight excluding hydrogens is 148 g/mol. The molecule has 2 rings (SSSR count). The van der Waals surface area contributed by atoms with Crippen molar-refractivity contribution >= 4 is 0 Å². The molecule has 0 bridgehead atoms. The van der Waals surface area contributed by atoms with Gasteiger partial charge in [-0.3, -0.25) is 0 Å². The number of hydrogen-bond acceptors (Lipinski definition) is 1. The zero-order valence-corrected chi connectivity index (χ0v) is 7.59. The highest BCUT2D eigenvalue weighted by atomic mass is 16.3. The van der Waals surface area contributed by atoms with E-state index in [0.717, 1.165) is 18.4 Å². The van der Waals surface area contributed by atoms with Crippen LogP contribution in [0.15, 0.2) is 18.2 Å². The molecule has 0 amide bonds. The van der Waals surface area contributed by atoms with E-state index in [1.807, 2.05) is 19.1 Å². The highest BCUT2D eigenvalue weighted by Crippen LogP contribution is 2.37. The van der Waals surface area contributed by atoms with Crippen molar-refractivity contribution in [2.75, 3.05) is 0 Å². The van der Waals surface area contributed by atoms with Crippen LogP contribution in [-0.4, -0.2) is 5.11 Å². The number of hydrogen-bond donors (Lipinski definition) is 1. The Morgan fingerprint density at radius 3 is 2.83 bits per heavy atom. The third kappa shape index (κ3) is 0.969. The Hall–Kier alpha value is -0.820. The van der Waals surface area contributed by atoms with E-state index in [1.165, 1.54) is 11.1 Å². The molecule has 0 fully saturated rings. The quantitative estimate of drug-likeness (QED) is 0.619. The number of fused-ring (bicyclic) bond motifs is 1. The maximum Gasteiger partial charge on any atom is 0.0874 e. The Kier molecular flexibility index (Phi) is 1.52. The molecule has 1 atom stereocenters. The van der Waals surface area contributed by atoms with Crippen molar-refractivity contribution in [2.45, 2.75) is 32.3 Å². The Morgan fingerprint density at radius 2 is 2.17 bits per heavy atom. The molecule has 0 radical (unpaired) electrons. The van der Waals surface area contributed by atoms with Crippen LogP contribution in [0.4, 0.5) is 0 Å². The zero-order chi connectivity index (χ0) is 8.77. The van der Waals surface area contributed by atoms with Gasteiger partial charge < -0.3 is 5.11 Å². The molecule has 1 N–H and O–H groups in total. The molecule has 0 saturated carbocycles. The number of aryl methyl sites for hydroxylation is 1. The van der Waals surface area contributed by atoms with Crippen LogP contribution in [0, 0.1) is 6.92 Å². The molecule has 0 spiro atoms. The van der Waals surface area contributed by atoms with Crippen LogP contribution < -0.4 is 0 Å². The molecule has 1 heteroatoms. The Labute approximate surface area is 73.0 Å². The molecule has 0 unspecified atom stereocenters. The fourth-order valence-corrected chi connectivity index (χ4v) is 2.04. The van der Waals surface area contributed by atoms with Gasteiger partial charge in [-0.2, -0.15) is 0 Å². The minimum Gasteiger partial charge on any atom is -0.385 e. The summed E-state index contributed by atoms with van der Waals surface area (Å²) >= 11 is 0. The van der Waals surface area contributed by atoms with Crippen LogP contribution in [0.1, 0.15) is 30.0 Å². The van der Waals surface area contributed by atoms with Crippen LogP contribution in [-0.2, 0) is 12.0 Å². The molecule has 0 aliphatic heterocycles. The molecule has 0 saturated heterocycles. The first-order valence-corrected chi connectivity index (χ1v) is 4.42. The zero-order valence-electron chi connectivity index (χ0n) is 7.59. The Bertz CT molecular complexity index is 313. The first kappa shape index (κ1) is 7.81. The van der Waals surface area contributed by atoms with Crippen molar-refractivity contribution in [3.05, 3.63) is 34.9 Å². The van der Waals surface area contributed by atoms with Crippen molar-refractivity contribution in [1.29, 1.82) is 0 Å². The highest BCUT2D eigenvalue weighted by molar-refractivity contribution is 5.41. The lowest BCUT2D eigenvalue weighted by Gasteiger charge is -2.17. The summed E-state index contributed by atoms with van der Waals surface area (Å²) in [6.07, 6.45) is 1.89. The lowest BCUT2D eigenvalue weighted by molar-refractivity contribution is 0.0595. The van der Waals surface area contributed by atoms with Gasteiger partial charge in [0.15, 0.2) is 0 Å². The van der Waals surface area contributed by atoms with E-state index in [0.29, 0.717) is 0 Å². The van der Waals surface area contributed by atoms with Gasteiger partial charge in [-0.1, -0.05) is 18.2 Å². The number of aliphatic hydroxyl groups is 1. The van der Waals surface area contributed by atoms with E-state index in [4.69, 9.17) is 0 Å². The fourth-order valence-electron chi connectivity index (χ4n) is 2.04. The third-order valence-corrected chi connectivity index (χ3v) is 2.85. The highest BCUT2D eigenvalue weighted by Gasteiger charge is 2.32. The fraction of sp³-hybridized carbons (Fsp3) is 0.455. The van der Waals surface area contributed by atoms with Crippen LogP contribution in [0.5, 0.6) is 0 Å². The van der Waals surface area contributed by atoms with Crippen molar-refractivity contribution in [3.63, 3.8) is 0 Å². The molecule has 1 nitrogen and oxygen atoms in total. The second-order valence-corrected chi connectivity index (χ2v) is 3.87. The second-order valence-electron chi connectivity index (χ2n) is 3.87. The normalized spacial score (nSPS) is 27.2. The Balaban J connectivity index is 2.61. The summed E-state index contributed by atoms with van der Waals surface area (Å²) < 4.78 is 0. The van der Waals surface area contributed by atoms with Gasteiger partial charge in [-0.25, -0.2) is 0 Å². The van der Waals surface area contributed by atoms with Gasteiger partial charge in [0.05, 0.1) is 5.60 Å². The van der Waals surface area contributed by atoms with Gasteiger partial charge in [0.1, 0.15) is 0 Å². The summed E-state index contributed by atoms with van der Waals surface area (Å²) in [6.45, 7) is 4.01. The molecule has 0 aromatic heterocycles. The van der Waals surface area contributed by atoms with E-state index in [9.17, 15) is 5.11 Å². The van der Waals surface area contributed by atoms with Crippen LogP contribution in [0.3, 0.4) is 0 Å². The van der Waals surface area contributed by atoms with Crippen molar-refractivity contribution in [3.8, 4) is 0 Å². The minimum absolute atomic E-state index is 0.582. The van der Waals surface area contributed by atoms with Crippen molar-refractivity contribution in [1.82, 2.24) is 0 Å². The Morgan fingerprint density at radius 1 is 1.42 bits per heavy atom. The predicted molar refractivity (Wildman–Crippen MR) is 49.1 cm³/mol. The first-order valence-electron chi connectivity index (χ1n) is 4.42. The van der Waals surface area contributed by atoms with Gasteiger partial charge in [0, 0.05) is 0 Å². The summed E-state index contributed by atoms with van der Waals surface area (Å²) in [5.41, 5.74) is 3.21. The summed E-state index contributed by atoms with van der Waals surface area (Å²) in [5, 5.41) is 9.97. The topological polar surface area (TPSA) is 20.2 Å². The maximum absolute atomic E-state index is 9.97. The van der Waals surface area contributed by atoms with Gasteiger partial charge in [0.2, 0.25) is 0 Å². The van der Waals surface area contributed by atoms with E-state index >= 15 is 0 Å². The second kappa shape index (κ2) is 2.33. The van der Waals surface area contributed by atoms with Gasteiger partial charge in [0.25, 0.3) is 0 Å². The molecule has 64 valence electrons. The average molecular weight is 162 g/mol. The lowest BCUT2D eigenvalue weighted by Crippen LogP contribution is -2.16. The first-order chi connectivity index (χ1) is 5.61. The maximum atomic E-state index is 9.97. The smallest absolute Gasteiger partial charge is 0.0874 e. The van der Waals surface area contributed by atoms with E-state index in [1.54, 1.807) is 0 Å². The van der Waals surface area contributed by atoms with Gasteiger partial charge >= 0.3 is 0 Å². The predicted octanol–water partition coefficient (Wildman–Crippen LogP) is 2.15. The van der Waals surface area contributed by atoms with Gasteiger partial charge in [-0.05, 0) is 43.4 Å². The largest absolute Gasteiger partial charge is 0.385 e.